The maximum Gasteiger partial charge on any atom is 0.0971 e. The van der Waals surface area contributed by atoms with E-state index in [2.05, 4.69) is 152 Å². The molecule has 0 aliphatic carbocycles. The molecule has 0 spiro atoms. The average Bonchev–Trinajstić information content (AvgIpc) is 3.22. The van der Waals surface area contributed by atoms with Crippen LogP contribution < -0.4 is 0 Å². The molecule has 0 saturated heterocycles. The van der Waals surface area contributed by atoms with Crippen LogP contribution in [-0.4, -0.2) is 15.0 Å². The summed E-state index contributed by atoms with van der Waals surface area (Å²) in [5.74, 6) is 0. The van der Waals surface area contributed by atoms with Crippen LogP contribution in [0.1, 0.15) is 0 Å². The number of pyridine rings is 3. The van der Waals surface area contributed by atoms with Crippen molar-refractivity contribution < 1.29 is 0 Å². The first kappa shape index (κ1) is 28.8. The quantitative estimate of drug-likeness (QED) is 0.140. The molecule has 0 bridgehead atoms. The van der Waals surface area contributed by atoms with E-state index in [1.165, 1.54) is 49.0 Å². The van der Waals surface area contributed by atoms with E-state index in [4.69, 9.17) is 15.0 Å². The van der Waals surface area contributed by atoms with E-state index in [1.807, 2.05) is 24.5 Å². The van der Waals surface area contributed by atoms with Gasteiger partial charge in [-0.3, -0.25) is 9.97 Å². The Hall–Kier alpha value is -6.97. The van der Waals surface area contributed by atoms with Gasteiger partial charge < -0.3 is 0 Å². The van der Waals surface area contributed by atoms with Crippen molar-refractivity contribution >= 4 is 75.8 Å². The highest BCUT2D eigenvalue weighted by atomic mass is 14.7. The minimum Gasteiger partial charge on any atom is -0.254 e. The van der Waals surface area contributed by atoms with E-state index < -0.39 is 0 Å². The Morgan fingerprint density at radius 3 is 1.60 bits per heavy atom. The topological polar surface area (TPSA) is 38.7 Å². The summed E-state index contributed by atoms with van der Waals surface area (Å²) in [5, 5.41) is 12.9. The van der Waals surface area contributed by atoms with Crippen LogP contribution in [0.5, 0.6) is 0 Å². The van der Waals surface area contributed by atoms with Crippen molar-refractivity contribution in [1.29, 1.82) is 0 Å². The Morgan fingerprint density at radius 1 is 0.346 bits per heavy atom. The third-order valence-electron chi connectivity index (χ3n) is 10.7. The molecule has 0 aliphatic rings. The van der Waals surface area contributed by atoms with Crippen molar-refractivity contribution in [2.45, 2.75) is 0 Å². The molecule has 3 nitrogen and oxygen atoms in total. The van der Waals surface area contributed by atoms with Crippen molar-refractivity contribution in [2.75, 3.05) is 0 Å². The Morgan fingerprint density at radius 2 is 0.904 bits per heavy atom. The molecule has 0 atom stereocenters. The SMILES string of the molecule is c1ccc(-c2nc3cc(-c4c5ccccc5c(-c5cccc6ccccc56)c5ccccc45)ccc3c3c4cccnc4c4ncccc4c23)cc1. The fraction of sp³-hybridized carbons (Fsp3) is 0. The van der Waals surface area contributed by atoms with Crippen LogP contribution in [0.25, 0.3) is 109 Å². The summed E-state index contributed by atoms with van der Waals surface area (Å²) >= 11 is 0. The van der Waals surface area contributed by atoms with Gasteiger partial charge in [0, 0.05) is 44.9 Å². The molecule has 0 unspecified atom stereocenters. The molecule has 0 fully saturated rings. The fourth-order valence-electron chi connectivity index (χ4n) is 8.53. The van der Waals surface area contributed by atoms with E-state index in [0.29, 0.717) is 0 Å². The lowest BCUT2D eigenvalue weighted by atomic mass is 9.84. The van der Waals surface area contributed by atoms with Gasteiger partial charge in [-0.05, 0) is 72.8 Å². The predicted molar refractivity (Wildman–Crippen MR) is 219 cm³/mol. The highest BCUT2D eigenvalue weighted by molar-refractivity contribution is 6.32. The summed E-state index contributed by atoms with van der Waals surface area (Å²) in [6.07, 6.45) is 3.71. The summed E-state index contributed by atoms with van der Waals surface area (Å²) in [6.45, 7) is 0. The van der Waals surface area contributed by atoms with E-state index in [1.54, 1.807) is 0 Å². The normalized spacial score (nSPS) is 11.8. The molecule has 3 aromatic heterocycles. The summed E-state index contributed by atoms with van der Waals surface area (Å²) < 4.78 is 0. The lowest BCUT2D eigenvalue weighted by Crippen LogP contribution is -1.95. The molecule has 11 aromatic rings. The first-order chi connectivity index (χ1) is 25.8. The van der Waals surface area contributed by atoms with Gasteiger partial charge in [-0.2, -0.15) is 0 Å². The van der Waals surface area contributed by atoms with Crippen molar-refractivity contribution in [3.63, 3.8) is 0 Å². The second-order valence-electron chi connectivity index (χ2n) is 13.5. The minimum atomic E-state index is 0.893. The first-order valence-electron chi connectivity index (χ1n) is 17.7. The molecular formula is C49H29N3. The fourth-order valence-corrected chi connectivity index (χ4v) is 8.53. The third-order valence-corrected chi connectivity index (χ3v) is 10.7. The van der Waals surface area contributed by atoms with Gasteiger partial charge in [0.25, 0.3) is 0 Å². The van der Waals surface area contributed by atoms with E-state index in [-0.39, 0.29) is 0 Å². The van der Waals surface area contributed by atoms with Crippen LogP contribution in [0.15, 0.2) is 176 Å². The summed E-state index contributed by atoms with van der Waals surface area (Å²) in [5.41, 5.74) is 9.64. The summed E-state index contributed by atoms with van der Waals surface area (Å²) in [6, 6.07) is 58.8. The van der Waals surface area contributed by atoms with Crippen LogP contribution in [0.3, 0.4) is 0 Å². The van der Waals surface area contributed by atoms with Crippen LogP contribution in [-0.2, 0) is 0 Å². The van der Waals surface area contributed by atoms with E-state index in [9.17, 15) is 0 Å². The Bertz CT molecular complexity index is 3180. The molecular weight excluding hydrogens is 631 g/mol. The zero-order valence-electron chi connectivity index (χ0n) is 28.1. The zero-order valence-corrected chi connectivity index (χ0v) is 28.1. The number of hydrogen-bond acceptors (Lipinski definition) is 3. The molecule has 0 amide bonds. The number of hydrogen-bond donors (Lipinski definition) is 0. The van der Waals surface area contributed by atoms with Crippen LogP contribution in [0, 0.1) is 0 Å². The lowest BCUT2D eigenvalue weighted by molar-refractivity contribution is 1.38. The number of benzene rings is 8. The Balaban J connectivity index is 1.27. The van der Waals surface area contributed by atoms with Gasteiger partial charge in [0.05, 0.1) is 22.2 Å². The standard InChI is InChI=1S/C49H29N3/c1-2-14-31(15-3-1)47-46-41-24-12-28-51-49(41)48-40(23-11-27-50-48)45(46)39-26-25-32(29-42(39)52-47)43-35-18-6-8-20-37(35)44(38-21-9-7-19-36(38)43)34-22-10-16-30-13-4-5-17-33(30)34/h1-29H. The molecule has 3 heteroatoms. The largest absolute Gasteiger partial charge is 0.254 e. The van der Waals surface area contributed by atoms with E-state index >= 15 is 0 Å². The Labute approximate surface area is 299 Å². The maximum absolute atomic E-state index is 5.53. The smallest absolute Gasteiger partial charge is 0.0971 e. The van der Waals surface area contributed by atoms with Crippen molar-refractivity contribution in [3.8, 4) is 33.5 Å². The van der Waals surface area contributed by atoms with Gasteiger partial charge in [-0.1, -0.05) is 146 Å². The van der Waals surface area contributed by atoms with Gasteiger partial charge in [0.15, 0.2) is 0 Å². The zero-order chi connectivity index (χ0) is 34.2. The lowest BCUT2D eigenvalue weighted by Gasteiger charge is -2.19. The summed E-state index contributed by atoms with van der Waals surface area (Å²) in [7, 11) is 0. The van der Waals surface area contributed by atoms with Crippen LogP contribution in [0.4, 0.5) is 0 Å². The Kier molecular flexibility index (Phi) is 6.25. The van der Waals surface area contributed by atoms with Gasteiger partial charge >= 0.3 is 0 Å². The molecule has 8 aromatic carbocycles. The highest BCUT2D eigenvalue weighted by Crippen LogP contribution is 2.47. The average molecular weight is 660 g/mol. The molecule has 0 saturated carbocycles. The number of fused-ring (bicyclic) bond motifs is 11. The van der Waals surface area contributed by atoms with Crippen LogP contribution >= 0.6 is 0 Å². The highest BCUT2D eigenvalue weighted by Gasteiger charge is 2.21. The number of rotatable bonds is 3. The van der Waals surface area contributed by atoms with Crippen molar-refractivity contribution in [2.24, 2.45) is 0 Å². The first-order valence-corrected chi connectivity index (χ1v) is 17.7. The minimum absolute atomic E-state index is 0.893. The van der Waals surface area contributed by atoms with Crippen molar-refractivity contribution in [3.05, 3.63) is 176 Å². The van der Waals surface area contributed by atoms with E-state index in [0.717, 1.165) is 60.3 Å². The monoisotopic (exact) mass is 659 g/mol. The van der Waals surface area contributed by atoms with Crippen molar-refractivity contribution in [1.82, 2.24) is 15.0 Å². The second kappa shape index (κ2) is 11.3. The molecule has 3 heterocycles. The second-order valence-corrected chi connectivity index (χ2v) is 13.5. The van der Waals surface area contributed by atoms with Gasteiger partial charge in [0.1, 0.15) is 0 Å². The molecule has 11 rings (SSSR count). The number of aromatic nitrogens is 3. The molecule has 0 radical (unpaired) electrons. The molecule has 240 valence electrons. The number of nitrogens with zero attached hydrogens (tertiary/aromatic N) is 3. The maximum atomic E-state index is 5.53. The molecule has 52 heavy (non-hydrogen) atoms. The third kappa shape index (κ3) is 4.17. The van der Waals surface area contributed by atoms with Gasteiger partial charge in [-0.15, -0.1) is 0 Å². The van der Waals surface area contributed by atoms with Gasteiger partial charge in [0.2, 0.25) is 0 Å². The molecule has 0 N–H and O–H groups in total. The van der Waals surface area contributed by atoms with Gasteiger partial charge in [-0.25, -0.2) is 4.98 Å². The van der Waals surface area contributed by atoms with Crippen LogP contribution in [0.2, 0.25) is 0 Å². The molecule has 0 aliphatic heterocycles. The summed E-state index contributed by atoms with van der Waals surface area (Å²) in [4.78, 5) is 15.2. The predicted octanol–water partition coefficient (Wildman–Crippen LogP) is 12.9.